The first-order valence-electron chi connectivity index (χ1n) is 4.85. The van der Waals surface area contributed by atoms with Gasteiger partial charge in [-0.05, 0) is 39.7 Å². The first kappa shape index (κ1) is 13.1. The lowest BCUT2D eigenvalue weighted by atomic mass is 10.0. The van der Waals surface area contributed by atoms with E-state index in [1.165, 1.54) is 0 Å². The van der Waals surface area contributed by atoms with Crippen molar-refractivity contribution in [3.05, 3.63) is 11.6 Å². The second kappa shape index (κ2) is 7.53. The monoisotopic (exact) mass is 201 g/mol. The molecule has 4 heteroatoms. The zero-order chi connectivity index (χ0) is 11.0. The minimum Gasteiger partial charge on any atom is -0.478 e. The molecule has 0 aromatic heterocycles. The van der Waals surface area contributed by atoms with Gasteiger partial charge in [0.1, 0.15) is 6.23 Å². The van der Waals surface area contributed by atoms with E-state index in [9.17, 15) is 4.79 Å². The first-order valence-corrected chi connectivity index (χ1v) is 4.85. The number of hydrogen-bond donors (Lipinski definition) is 3. The molecule has 82 valence electrons. The molecule has 0 saturated heterocycles. The minimum atomic E-state index is -0.741. The van der Waals surface area contributed by atoms with Crippen LogP contribution in [-0.4, -0.2) is 29.5 Å². The Morgan fingerprint density at radius 3 is 2.36 bits per heavy atom. The highest BCUT2D eigenvalue weighted by Crippen LogP contribution is 2.16. The van der Waals surface area contributed by atoms with Crippen LogP contribution in [0.15, 0.2) is 11.6 Å². The van der Waals surface area contributed by atoms with Gasteiger partial charge in [0.25, 0.3) is 0 Å². The molecule has 0 spiro atoms. The van der Waals surface area contributed by atoms with Crippen molar-refractivity contribution in [2.75, 3.05) is 7.05 Å². The van der Waals surface area contributed by atoms with Crippen LogP contribution in [0.2, 0.25) is 0 Å². The Bertz CT molecular complexity index is 200. The van der Waals surface area contributed by atoms with Gasteiger partial charge in [-0.2, -0.15) is 0 Å². The quantitative estimate of drug-likeness (QED) is 0.585. The Kier molecular flexibility index (Phi) is 7.06. The summed E-state index contributed by atoms with van der Waals surface area (Å²) in [5.41, 5.74) is 0.598. The molecule has 1 aliphatic rings. The van der Waals surface area contributed by atoms with Crippen LogP contribution in [0.4, 0.5) is 0 Å². The van der Waals surface area contributed by atoms with Crippen LogP contribution in [0.3, 0.4) is 0 Å². The zero-order valence-electron chi connectivity index (χ0n) is 8.79. The Labute approximate surface area is 84.6 Å². The molecule has 3 N–H and O–H groups in total. The number of aliphatic hydroxyl groups is 1. The highest BCUT2D eigenvalue weighted by molar-refractivity contribution is 5.86. The van der Waals surface area contributed by atoms with Crippen LogP contribution in [0.5, 0.6) is 0 Å². The van der Waals surface area contributed by atoms with Crippen molar-refractivity contribution in [3.8, 4) is 0 Å². The van der Waals surface area contributed by atoms with Crippen LogP contribution in [0, 0.1) is 0 Å². The summed E-state index contributed by atoms with van der Waals surface area (Å²) in [4.78, 5) is 10.3. The molecular formula is C10H19NO3. The van der Waals surface area contributed by atoms with Crippen molar-refractivity contribution in [2.45, 2.75) is 38.8 Å². The van der Waals surface area contributed by atoms with Crippen molar-refractivity contribution in [3.63, 3.8) is 0 Å². The maximum Gasteiger partial charge on any atom is 0.331 e. The molecule has 0 heterocycles. The van der Waals surface area contributed by atoms with Gasteiger partial charge in [0.05, 0.1) is 0 Å². The Hall–Kier alpha value is -0.870. The molecule has 1 unspecified atom stereocenters. The number of carbonyl (C=O) groups is 1. The fourth-order valence-electron chi connectivity index (χ4n) is 1.03. The van der Waals surface area contributed by atoms with Gasteiger partial charge in [0.2, 0.25) is 0 Å². The highest BCUT2D eigenvalue weighted by Gasteiger charge is 2.08. The van der Waals surface area contributed by atoms with Gasteiger partial charge in [-0.25, -0.2) is 4.79 Å². The minimum absolute atomic E-state index is 0.366. The summed E-state index contributed by atoms with van der Waals surface area (Å²) in [7, 11) is 1.70. The number of carboxylic acid groups (broad SMARTS) is 1. The average molecular weight is 201 g/mol. The van der Waals surface area contributed by atoms with Crippen molar-refractivity contribution in [1.82, 2.24) is 5.32 Å². The third kappa shape index (κ3) is 6.62. The number of allylic oxidation sites excluding steroid dienone is 1. The summed E-state index contributed by atoms with van der Waals surface area (Å²) >= 11 is 0. The molecule has 0 aromatic carbocycles. The molecule has 0 saturated carbocycles. The molecule has 1 rings (SSSR count). The van der Waals surface area contributed by atoms with E-state index >= 15 is 0 Å². The highest BCUT2D eigenvalue weighted by atomic mass is 16.4. The van der Waals surface area contributed by atoms with Crippen molar-refractivity contribution in [2.24, 2.45) is 0 Å². The van der Waals surface area contributed by atoms with Gasteiger partial charge >= 0.3 is 5.97 Å². The number of nitrogens with one attached hydrogen (secondary N) is 1. The molecule has 0 amide bonds. The largest absolute Gasteiger partial charge is 0.478 e. The third-order valence-electron chi connectivity index (χ3n) is 1.98. The van der Waals surface area contributed by atoms with Gasteiger partial charge < -0.3 is 10.2 Å². The van der Waals surface area contributed by atoms with Crippen LogP contribution in [0.25, 0.3) is 0 Å². The fraction of sp³-hybridized carbons (Fsp3) is 0.700. The van der Waals surface area contributed by atoms with E-state index in [4.69, 9.17) is 10.2 Å². The normalized spacial score (nSPS) is 17.5. The van der Waals surface area contributed by atoms with E-state index in [0.29, 0.717) is 5.57 Å². The topological polar surface area (TPSA) is 69.6 Å². The summed E-state index contributed by atoms with van der Waals surface area (Å²) in [6, 6.07) is 0. The summed E-state index contributed by atoms with van der Waals surface area (Å²) < 4.78 is 0. The molecule has 1 atom stereocenters. The predicted molar refractivity (Wildman–Crippen MR) is 54.9 cm³/mol. The fourth-order valence-corrected chi connectivity index (χ4v) is 1.03. The molecule has 0 bridgehead atoms. The first-order chi connectivity index (χ1) is 6.57. The van der Waals surface area contributed by atoms with E-state index in [0.717, 1.165) is 25.7 Å². The summed E-state index contributed by atoms with van der Waals surface area (Å²) in [5, 5.41) is 19.3. The maximum atomic E-state index is 10.3. The van der Waals surface area contributed by atoms with E-state index in [-0.39, 0.29) is 6.23 Å². The van der Waals surface area contributed by atoms with Crippen LogP contribution < -0.4 is 5.32 Å². The SMILES string of the molecule is CNC(C)O.O=C(O)C1=CCCCC1. The smallest absolute Gasteiger partial charge is 0.331 e. The lowest BCUT2D eigenvalue weighted by molar-refractivity contribution is -0.132. The molecule has 0 radical (unpaired) electrons. The van der Waals surface area contributed by atoms with Gasteiger partial charge in [0, 0.05) is 5.57 Å². The second-order valence-corrected chi connectivity index (χ2v) is 3.24. The lowest BCUT2D eigenvalue weighted by Crippen LogP contribution is -2.19. The van der Waals surface area contributed by atoms with Crippen LogP contribution in [0.1, 0.15) is 32.6 Å². The number of aliphatic carboxylic acids is 1. The van der Waals surface area contributed by atoms with Gasteiger partial charge in [0.15, 0.2) is 0 Å². The van der Waals surface area contributed by atoms with E-state index in [1.54, 1.807) is 14.0 Å². The van der Waals surface area contributed by atoms with Crippen LogP contribution in [-0.2, 0) is 4.79 Å². The Balaban J connectivity index is 0.000000292. The zero-order valence-corrected chi connectivity index (χ0v) is 8.79. The number of carboxylic acids is 1. The summed E-state index contributed by atoms with van der Waals surface area (Å²) in [6.07, 6.45) is 5.35. The molecule has 0 fully saturated rings. The average Bonchev–Trinajstić information content (AvgIpc) is 2.20. The summed E-state index contributed by atoms with van der Waals surface area (Å²) in [6.45, 7) is 1.67. The maximum absolute atomic E-state index is 10.3. The molecule has 0 aromatic rings. The Morgan fingerprint density at radius 1 is 1.57 bits per heavy atom. The van der Waals surface area contributed by atoms with Crippen LogP contribution >= 0.6 is 0 Å². The molecule has 1 aliphatic carbocycles. The van der Waals surface area contributed by atoms with Gasteiger partial charge in [-0.15, -0.1) is 0 Å². The number of aliphatic hydroxyl groups excluding tert-OH is 1. The van der Waals surface area contributed by atoms with E-state index in [2.05, 4.69) is 5.32 Å². The third-order valence-corrected chi connectivity index (χ3v) is 1.98. The lowest BCUT2D eigenvalue weighted by Gasteiger charge is -2.06. The molecule has 4 nitrogen and oxygen atoms in total. The standard InChI is InChI=1S/C7H10O2.C3H9NO/c8-7(9)6-4-2-1-3-5-6;1-3(5)4-2/h4H,1-3,5H2,(H,8,9);3-5H,1-2H3. The number of rotatable bonds is 2. The Morgan fingerprint density at radius 2 is 2.14 bits per heavy atom. The van der Waals surface area contributed by atoms with Gasteiger partial charge in [-0.1, -0.05) is 6.08 Å². The predicted octanol–water partition coefficient (Wildman–Crippen LogP) is 1.12. The summed E-state index contributed by atoms with van der Waals surface area (Å²) in [5.74, 6) is -0.741. The molecular weight excluding hydrogens is 182 g/mol. The molecule has 0 aliphatic heterocycles. The van der Waals surface area contributed by atoms with Gasteiger partial charge in [-0.3, -0.25) is 5.32 Å². The number of hydrogen-bond acceptors (Lipinski definition) is 3. The van der Waals surface area contributed by atoms with E-state index < -0.39 is 5.97 Å². The van der Waals surface area contributed by atoms with Crippen molar-refractivity contribution < 1.29 is 15.0 Å². The molecule has 14 heavy (non-hydrogen) atoms. The van der Waals surface area contributed by atoms with Crippen molar-refractivity contribution in [1.29, 1.82) is 0 Å². The second-order valence-electron chi connectivity index (χ2n) is 3.24. The van der Waals surface area contributed by atoms with E-state index in [1.807, 2.05) is 6.08 Å². The van der Waals surface area contributed by atoms with Crippen molar-refractivity contribution >= 4 is 5.97 Å².